The summed E-state index contributed by atoms with van der Waals surface area (Å²) < 4.78 is 5.28. The van der Waals surface area contributed by atoms with Crippen LogP contribution in [0.3, 0.4) is 0 Å². The summed E-state index contributed by atoms with van der Waals surface area (Å²) in [4.78, 5) is 11.2. The van der Waals surface area contributed by atoms with E-state index in [4.69, 9.17) is 4.74 Å². The summed E-state index contributed by atoms with van der Waals surface area (Å²) in [6.45, 7) is 10.2. The fourth-order valence-electron chi connectivity index (χ4n) is 0.754. The number of esters is 1. The third-order valence-corrected chi connectivity index (χ3v) is 2.26. The highest BCUT2D eigenvalue weighted by Gasteiger charge is 2.23. The molecule has 0 aliphatic carbocycles. The Balaban J connectivity index is 3.79. The highest BCUT2D eigenvalue weighted by molar-refractivity contribution is 5.69. The summed E-state index contributed by atoms with van der Waals surface area (Å²) in [6.07, 6.45) is 2.52. The van der Waals surface area contributed by atoms with Gasteiger partial charge >= 0.3 is 5.97 Å². The fourth-order valence-corrected chi connectivity index (χ4v) is 0.754. The van der Waals surface area contributed by atoms with Crippen LogP contribution in [0.4, 0.5) is 0 Å². The van der Waals surface area contributed by atoms with Gasteiger partial charge in [-0.2, -0.15) is 0 Å². The van der Waals surface area contributed by atoms with Gasteiger partial charge in [-0.05, 0) is 18.8 Å². The molecular formula is C11H22O2. The van der Waals surface area contributed by atoms with E-state index in [1.54, 1.807) is 0 Å². The first-order valence-corrected chi connectivity index (χ1v) is 5.07. The molecule has 0 rings (SSSR count). The molecule has 1 atom stereocenters. The van der Waals surface area contributed by atoms with Crippen LogP contribution in [0.1, 0.15) is 53.9 Å². The molecule has 0 bridgehead atoms. The number of ether oxygens (including phenoxy) is 1. The molecule has 0 fully saturated rings. The third-order valence-electron chi connectivity index (χ3n) is 2.26. The molecule has 0 heterocycles. The molecule has 2 nitrogen and oxygen atoms in total. The largest absolute Gasteiger partial charge is 0.462 e. The van der Waals surface area contributed by atoms with Crippen molar-refractivity contribution in [3.63, 3.8) is 0 Å². The minimum absolute atomic E-state index is 0.00291. The number of hydrogen-bond acceptors (Lipinski definition) is 2. The maximum atomic E-state index is 11.2. The quantitative estimate of drug-likeness (QED) is 0.630. The molecule has 0 aromatic rings. The molecule has 78 valence electrons. The van der Waals surface area contributed by atoms with Gasteiger partial charge in [-0.25, -0.2) is 0 Å². The highest BCUT2D eigenvalue weighted by atomic mass is 16.5. The molecule has 0 radical (unpaired) electrons. The predicted octanol–water partition coefficient (Wildman–Crippen LogP) is 3.15. The third kappa shape index (κ3) is 5.67. The Kier molecular flexibility index (Phi) is 5.04. The van der Waals surface area contributed by atoms with E-state index in [2.05, 4.69) is 27.7 Å². The number of carbonyl (C=O) groups excluding carboxylic acids is 1. The molecule has 13 heavy (non-hydrogen) atoms. The summed E-state index contributed by atoms with van der Waals surface area (Å²) in [5.41, 5.74) is 0.0435. The van der Waals surface area contributed by atoms with E-state index < -0.39 is 0 Å². The zero-order chi connectivity index (χ0) is 10.5. The Morgan fingerprint density at radius 3 is 2.31 bits per heavy atom. The van der Waals surface area contributed by atoms with E-state index in [-0.39, 0.29) is 17.5 Å². The SMILES string of the molecule is CCCCC(=O)O[C@H](C)C(C)(C)C. The van der Waals surface area contributed by atoms with Crippen molar-refractivity contribution in [3.8, 4) is 0 Å². The van der Waals surface area contributed by atoms with Crippen LogP contribution in [0.5, 0.6) is 0 Å². The maximum Gasteiger partial charge on any atom is 0.306 e. The van der Waals surface area contributed by atoms with Crippen LogP contribution < -0.4 is 0 Å². The van der Waals surface area contributed by atoms with E-state index in [1.165, 1.54) is 0 Å². The lowest BCUT2D eigenvalue weighted by atomic mass is 9.90. The van der Waals surface area contributed by atoms with Gasteiger partial charge in [-0.3, -0.25) is 4.79 Å². The van der Waals surface area contributed by atoms with Gasteiger partial charge in [0.05, 0.1) is 0 Å². The van der Waals surface area contributed by atoms with Gasteiger partial charge in [0, 0.05) is 6.42 Å². The minimum atomic E-state index is -0.0655. The summed E-state index contributed by atoms with van der Waals surface area (Å²) in [6, 6.07) is 0. The smallest absolute Gasteiger partial charge is 0.306 e. The molecule has 0 saturated carbocycles. The topological polar surface area (TPSA) is 26.3 Å². The zero-order valence-corrected chi connectivity index (χ0v) is 9.52. The Morgan fingerprint density at radius 1 is 1.38 bits per heavy atom. The normalized spacial score (nSPS) is 13.9. The second kappa shape index (κ2) is 5.25. The average Bonchev–Trinajstić information content (AvgIpc) is 1.99. The molecule has 0 amide bonds. The Morgan fingerprint density at radius 2 is 1.92 bits per heavy atom. The summed E-state index contributed by atoms with van der Waals surface area (Å²) in [7, 11) is 0. The predicted molar refractivity (Wildman–Crippen MR) is 54.5 cm³/mol. The van der Waals surface area contributed by atoms with Gasteiger partial charge in [0.2, 0.25) is 0 Å². The zero-order valence-electron chi connectivity index (χ0n) is 9.52. The van der Waals surface area contributed by atoms with Crippen molar-refractivity contribution in [2.24, 2.45) is 5.41 Å². The molecule has 0 N–H and O–H groups in total. The first-order chi connectivity index (χ1) is 5.88. The first kappa shape index (κ1) is 12.5. The van der Waals surface area contributed by atoms with Crippen molar-refractivity contribution < 1.29 is 9.53 Å². The molecule has 0 unspecified atom stereocenters. The van der Waals surface area contributed by atoms with Crippen LogP contribution in [0.15, 0.2) is 0 Å². The van der Waals surface area contributed by atoms with Crippen LogP contribution in [0.2, 0.25) is 0 Å². The Labute approximate surface area is 81.7 Å². The lowest BCUT2D eigenvalue weighted by molar-refractivity contribution is -0.153. The Hall–Kier alpha value is -0.530. The number of rotatable bonds is 4. The van der Waals surface area contributed by atoms with Crippen molar-refractivity contribution in [1.82, 2.24) is 0 Å². The maximum absolute atomic E-state index is 11.2. The van der Waals surface area contributed by atoms with Crippen LogP contribution in [0, 0.1) is 5.41 Å². The lowest BCUT2D eigenvalue weighted by Gasteiger charge is -2.26. The van der Waals surface area contributed by atoms with Crippen LogP contribution in [-0.2, 0) is 9.53 Å². The fraction of sp³-hybridized carbons (Fsp3) is 0.909. The van der Waals surface area contributed by atoms with Gasteiger partial charge in [0.25, 0.3) is 0 Å². The van der Waals surface area contributed by atoms with E-state index in [1.807, 2.05) is 6.92 Å². The van der Waals surface area contributed by atoms with E-state index in [0.717, 1.165) is 12.8 Å². The average molecular weight is 186 g/mol. The number of hydrogen-bond donors (Lipinski definition) is 0. The first-order valence-electron chi connectivity index (χ1n) is 5.07. The minimum Gasteiger partial charge on any atom is -0.462 e. The van der Waals surface area contributed by atoms with Crippen molar-refractivity contribution >= 4 is 5.97 Å². The molecule has 0 aliphatic heterocycles. The van der Waals surface area contributed by atoms with E-state index in [9.17, 15) is 4.79 Å². The summed E-state index contributed by atoms with van der Waals surface area (Å²) in [5.74, 6) is -0.0655. The van der Waals surface area contributed by atoms with Crippen molar-refractivity contribution in [2.75, 3.05) is 0 Å². The summed E-state index contributed by atoms with van der Waals surface area (Å²) >= 11 is 0. The molecule has 0 aromatic heterocycles. The molecule has 0 saturated heterocycles. The second-order valence-electron chi connectivity index (χ2n) is 4.60. The monoisotopic (exact) mass is 186 g/mol. The van der Waals surface area contributed by atoms with E-state index in [0.29, 0.717) is 6.42 Å². The highest BCUT2D eigenvalue weighted by Crippen LogP contribution is 2.22. The van der Waals surface area contributed by atoms with Gasteiger partial charge in [-0.1, -0.05) is 34.1 Å². The standard InChI is InChI=1S/C11H22O2/c1-6-7-8-10(12)13-9(2)11(3,4)5/h9H,6-8H2,1-5H3/t9-/m1/s1. The molecular weight excluding hydrogens is 164 g/mol. The van der Waals surface area contributed by atoms with Gasteiger partial charge in [0.1, 0.15) is 6.10 Å². The second-order valence-corrected chi connectivity index (χ2v) is 4.60. The van der Waals surface area contributed by atoms with Crippen molar-refractivity contribution in [1.29, 1.82) is 0 Å². The van der Waals surface area contributed by atoms with Gasteiger partial charge < -0.3 is 4.74 Å². The summed E-state index contributed by atoms with van der Waals surface area (Å²) in [5, 5.41) is 0. The Bertz CT molecular complexity index is 156. The molecule has 0 aliphatic rings. The lowest BCUT2D eigenvalue weighted by Crippen LogP contribution is -2.28. The van der Waals surface area contributed by atoms with Gasteiger partial charge in [-0.15, -0.1) is 0 Å². The molecule has 0 aromatic carbocycles. The molecule has 2 heteroatoms. The van der Waals surface area contributed by atoms with Crippen molar-refractivity contribution in [2.45, 2.75) is 60.0 Å². The van der Waals surface area contributed by atoms with Gasteiger partial charge in [0.15, 0.2) is 0 Å². The number of unbranched alkanes of at least 4 members (excludes halogenated alkanes) is 1. The molecule has 0 spiro atoms. The van der Waals surface area contributed by atoms with E-state index >= 15 is 0 Å². The van der Waals surface area contributed by atoms with Crippen LogP contribution in [0.25, 0.3) is 0 Å². The van der Waals surface area contributed by atoms with Crippen LogP contribution >= 0.6 is 0 Å². The van der Waals surface area contributed by atoms with Crippen molar-refractivity contribution in [3.05, 3.63) is 0 Å². The number of carbonyl (C=O) groups is 1. The van der Waals surface area contributed by atoms with Crippen LogP contribution in [-0.4, -0.2) is 12.1 Å².